The Morgan fingerprint density at radius 3 is 2.61 bits per heavy atom. The highest BCUT2D eigenvalue weighted by Crippen LogP contribution is 2.22. The molecule has 0 bridgehead atoms. The maximum atomic E-state index is 5.32. The Labute approximate surface area is 110 Å². The van der Waals surface area contributed by atoms with Gasteiger partial charge in [-0.2, -0.15) is 5.10 Å². The molecule has 2 aromatic heterocycles. The molecular weight excluding hydrogens is 244 g/mol. The fraction of sp³-hybridized carbons (Fsp3) is 0.0769. The maximum absolute atomic E-state index is 5.32. The number of hydrogen-bond donors (Lipinski definition) is 1. The SMILES string of the molecule is Cn1ccc(-n2c(-c3ccccc3)c[nH]c2=S)n1. The van der Waals surface area contributed by atoms with E-state index in [2.05, 4.69) is 22.2 Å². The molecule has 4 nitrogen and oxygen atoms in total. The van der Waals surface area contributed by atoms with E-state index in [0.717, 1.165) is 17.1 Å². The average molecular weight is 256 g/mol. The zero-order valence-electron chi connectivity index (χ0n) is 9.87. The van der Waals surface area contributed by atoms with Crippen LogP contribution >= 0.6 is 12.2 Å². The number of nitrogens with zero attached hydrogens (tertiary/aromatic N) is 3. The van der Waals surface area contributed by atoms with Gasteiger partial charge in [0, 0.05) is 31.1 Å². The van der Waals surface area contributed by atoms with Crippen molar-refractivity contribution in [2.45, 2.75) is 0 Å². The number of benzene rings is 1. The van der Waals surface area contributed by atoms with Crippen LogP contribution in [0.1, 0.15) is 0 Å². The average Bonchev–Trinajstić information content (AvgIpc) is 2.96. The van der Waals surface area contributed by atoms with Crippen LogP contribution in [0.25, 0.3) is 17.1 Å². The van der Waals surface area contributed by atoms with Gasteiger partial charge in [0.15, 0.2) is 10.6 Å². The molecule has 0 fully saturated rings. The Bertz CT molecular complexity index is 721. The molecule has 2 heterocycles. The van der Waals surface area contributed by atoms with Crippen molar-refractivity contribution in [2.24, 2.45) is 7.05 Å². The molecule has 3 rings (SSSR count). The second kappa shape index (κ2) is 4.27. The summed E-state index contributed by atoms with van der Waals surface area (Å²) >= 11 is 5.32. The summed E-state index contributed by atoms with van der Waals surface area (Å²) in [5, 5.41) is 4.39. The lowest BCUT2D eigenvalue weighted by Gasteiger charge is -2.04. The predicted molar refractivity (Wildman–Crippen MR) is 73.2 cm³/mol. The Hall–Kier alpha value is -2.14. The summed E-state index contributed by atoms with van der Waals surface area (Å²) in [6.07, 6.45) is 3.81. The van der Waals surface area contributed by atoms with Crippen LogP contribution < -0.4 is 0 Å². The standard InChI is InChI=1S/C13H12N4S/c1-16-8-7-12(15-16)17-11(9-14-13(17)18)10-5-3-2-4-6-10/h2-9H,1H3,(H,14,18). The highest BCUT2D eigenvalue weighted by Gasteiger charge is 2.09. The number of hydrogen-bond acceptors (Lipinski definition) is 2. The zero-order chi connectivity index (χ0) is 12.5. The van der Waals surface area contributed by atoms with Gasteiger partial charge in [-0.25, -0.2) is 0 Å². The second-order valence-electron chi connectivity index (χ2n) is 4.03. The number of imidazole rings is 1. The molecule has 3 aromatic rings. The highest BCUT2D eigenvalue weighted by atomic mass is 32.1. The summed E-state index contributed by atoms with van der Waals surface area (Å²) in [7, 11) is 1.89. The largest absolute Gasteiger partial charge is 0.336 e. The molecule has 0 unspecified atom stereocenters. The topological polar surface area (TPSA) is 38.5 Å². The quantitative estimate of drug-likeness (QED) is 0.716. The van der Waals surface area contributed by atoms with Gasteiger partial charge in [-0.05, 0) is 12.2 Å². The number of aryl methyl sites for hydroxylation is 1. The Morgan fingerprint density at radius 2 is 1.94 bits per heavy atom. The van der Waals surface area contributed by atoms with Crippen LogP contribution in [0.5, 0.6) is 0 Å². The normalized spacial score (nSPS) is 10.7. The Morgan fingerprint density at radius 1 is 1.17 bits per heavy atom. The fourth-order valence-corrected chi connectivity index (χ4v) is 2.19. The molecule has 0 radical (unpaired) electrons. The third-order valence-electron chi connectivity index (χ3n) is 2.77. The minimum absolute atomic E-state index is 0.646. The molecule has 0 aliphatic carbocycles. The zero-order valence-corrected chi connectivity index (χ0v) is 10.7. The van der Waals surface area contributed by atoms with Crippen molar-refractivity contribution in [3.8, 4) is 17.1 Å². The first-order valence-corrected chi connectivity index (χ1v) is 6.02. The van der Waals surface area contributed by atoms with Crippen LogP contribution in [-0.2, 0) is 7.05 Å². The van der Waals surface area contributed by atoms with Crippen molar-refractivity contribution in [3.63, 3.8) is 0 Å². The lowest BCUT2D eigenvalue weighted by Crippen LogP contribution is -1.99. The van der Waals surface area contributed by atoms with Gasteiger partial charge in [-0.1, -0.05) is 30.3 Å². The second-order valence-corrected chi connectivity index (χ2v) is 4.41. The number of nitrogens with one attached hydrogen (secondary N) is 1. The fourth-order valence-electron chi connectivity index (χ4n) is 1.94. The van der Waals surface area contributed by atoms with Crippen molar-refractivity contribution in [1.29, 1.82) is 0 Å². The molecular formula is C13H12N4S. The molecule has 1 aromatic carbocycles. The number of aromatic amines is 1. The van der Waals surface area contributed by atoms with Gasteiger partial charge in [0.2, 0.25) is 0 Å². The van der Waals surface area contributed by atoms with Crippen molar-refractivity contribution >= 4 is 12.2 Å². The molecule has 0 amide bonds. The molecule has 90 valence electrons. The molecule has 5 heteroatoms. The number of aromatic nitrogens is 4. The summed E-state index contributed by atoms with van der Waals surface area (Å²) in [4.78, 5) is 3.07. The highest BCUT2D eigenvalue weighted by molar-refractivity contribution is 7.71. The van der Waals surface area contributed by atoms with E-state index in [9.17, 15) is 0 Å². The summed E-state index contributed by atoms with van der Waals surface area (Å²) in [5.74, 6) is 0.822. The monoisotopic (exact) mass is 256 g/mol. The van der Waals surface area contributed by atoms with Crippen LogP contribution in [0, 0.1) is 4.77 Å². The van der Waals surface area contributed by atoms with Crippen LogP contribution in [0.4, 0.5) is 0 Å². The minimum Gasteiger partial charge on any atom is -0.336 e. The van der Waals surface area contributed by atoms with E-state index in [1.54, 1.807) is 4.68 Å². The predicted octanol–water partition coefficient (Wildman–Crippen LogP) is 2.94. The van der Waals surface area contributed by atoms with E-state index in [1.807, 2.05) is 48.3 Å². The summed E-state index contributed by atoms with van der Waals surface area (Å²) in [6, 6.07) is 12.1. The first-order chi connectivity index (χ1) is 8.75. The van der Waals surface area contributed by atoms with Crippen molar-refractivity contribution in [3.05, 3.63) is 53.6 Å². The van der Waals surface area contributed by atoms with Gasteiger partial charge in [0.1, 0.15) is 0 Å². The molecule has 1 N–H and O–H groups in total. The molecule has 0 aliphatic rings. The third kappa shape index (κ3) is 1.78. The van der Waals surface area contributed by atoms with Crippen LogP contribution in [0.15, 0.2) is 48.8 Å². The van der Waals surface area contributed by atoms with Gasteiger partial charge in [0.05, 0.1) is 5.69 Å². The Kier molecular flexibility index (Phi) is 2.60. The van der Waals surface area contributed by atoms with E-state index >= 15 is 0 Å². The minimum atomic E-state index is 0.646. The molecule has 0 aliphatic heterocycles. The van der Waals surface area contributed by atoms with Crippen molar-refractivity contribution in [2.75, 3.05) is 0 Å². The lowest BCUT2D eigenvalue weighted by molar-refractivity contribution is 0.750. The van der Waals surface area contributed by atoms with E-state index in [-0.39, 0.29) is 0 Å². The van der Waals surface area contributed by atoms with Crippen molar-refractivity contribution < 1.29 is 0 Å². The van der Waals surface area contributed by atoms with E-state index in [1.165, 1.54) is 0 Å². The van der Waals surface area contributed by atoms with Crippen LogP contribution in [0.2, 0.25) is 0 Å². The van der Waals surface area contributed by atoms with Gasteiger partial charge in [-0.15, -0.1) is 0 Å². The van der Waals surface area contributed by atoms with Gasteiger partial charge >= 0.3 is 0 Å². The molecule has 0 atom stereocenters. The summed E-state index contributed by atoms with van der Waals surface area (Å²) in [6.45, 7) is 0. The van der Waals surface area contributed by atoms with E-state index in [4.69, 9.17) is 12.2 Å². The number of rotatable bonds is 2. The Balaban J connectivity index is 2.22. The van der Waals surface area contributed by atoms with E-state index in [0.29, 0.717) is 4.77 Å². The maximum Gasteiger partial charge on any atom is 0.183 e. The van der Waals surface area contributed by atoms with E-state index < -0.39 is 0 Å². The lowest BCUT2D eigenvalue weighted by atomic mass is 10.2. The summed E-state index contributed by atoms with van der Waals surface area (Å²) in [5.41, 5.74) is 2.12. The number of H-pyrrole nitrogens is 1. The van der Waals surface area contributed by atoms with Gasteiger partial charge in [-0.3, -0.25) is 9.25 Å². The van der Waals surface area contributed by atoms with Crippen LogP contribution in [-0.4, -0.2) is 19.3 Å². The third-order valence-corrected chi connectivity index (χ3v) is 3.07. The van der Waals surface area contributed by atoms with Crippen LogP contribution in [0.3, 0.4) is 0 Å². The first-order valence-electron chi connectivity index (χ1n) is 5.61. The molecule has 0 saturated heterocycles. The smallest absolute Gasteiger partial charge is 0.183 e. The van der Waals surface area contributed by atoms with Gasteiger partial charge in [0.25, 0.3) is 0 Å². The first kappa shape index (κ1) is 11.0. The molecule has 18 heavy (non-hydrogen) atoms. The van der Waals surface area contributed by atoms with Gasteiger partial charge < -0.3 is 4.98 Å². The van der Waals surface area contributed by atoms with Crippen molar-refractivity contribution in [1.82, 2.24) is 19.3 Å². The molecule has 0 spiro atoms. The molecule has 0 saturated carbocycles. The summed E-state index contributed by atoms with van der Waals surface area (Å²) < 4.78 is 4.34.